The van der Waals surface area contributed by atoms with E-state index < -0.39 is 11.4 Å². The SMILES string of the molecule is Cc1cc2c(C#N)ccc(F)c2oc1=O. The van der Waals surface area contributed by atoms with Gasteiger partial charge in [0.2, 0.25) is 0 Å². The first kappa shape index (κ1) is 9.41. The number of hydrogen-bond donors (Lipinski definition) is 0. The number of nitriles is 1. The number of hydrogen-bond acceptors (Lipinski definition) is 3. The number of rotatable bonds is 0. The number of nitrogens with zero attached hydrogens (tertiary/aromatic N) is 1. The van der Waals surface area contributed by atoms with E-state index in [0.29, 0.717) is 16.5 Å². The predicted octanol–water partition coefficient (Wildman–Crippen LogP) is 2.11. The van der Waals surface area contributed by atoms with Crippen LogP contribution in [0.2, 0.25) is 0 Å². The largest absolute Gasteiger partial charge is 0.419 e. The summed E-state index contributed by atoms with van der Waals surface area (Å²) in [5, 5.41) is 9.12. The molecule has 0 aliphatic heterocycles. The number of halogens is 1. The minimum absolute atomic E-state index is 0.162. The Morgan fingerprint density at radius 1 is 1.47 bits per heavy atom. The lowest BCUT2D eigenvalue weighted by Crippen LogP contribution is -2.03. The Balaban J connectivity index is 3.03. The highest BCUT2D eigenvalue weighted by molar-refractivity contribution is 5.83. The smallest absolute Gasteiger partial charge is 0.339 e. The highest BCUT2D eigenvalue weighted by Gasteiger charge is 2.10. The Labute approximate surface area is 84.4 Å². The van der Waals surface area contributed by atoms with Crippen LogP contribution in [0.25, 0.3) is 11.0 Å². The third-order valence-corrected chi connectivity index (χ3v) is 2.15. The first-order valence-electron chi connectivity index (χ1n) is 4.26. The zero-order valence-electron chi connectivity index (χ0n) is 7.87. The monoisotopic (exact) mass is 203 g/mol. The summed E-state index contributed by atoms with van der Waals surface area (Å²) in [4.78, 5) is 11.2. The first-order valence-corrected chi connectivity index (χ1v) is 4.26. The Hall–Kier alpha value is -2.15. The first-order chi connectivity index (χ1) is 7.13. The molecule has 1 heterocycles. The fourth-order valence-corrected chi connectivity index (χ4v) is 1.37. The van der Waals surface area contributed by atoms with Crippen molar-refractivity contribution in [2.24, 2.45) is 0 Å². The molecule has 4 heteroatoms. The van der Waals surface area contributed by atoms with Gasteiger partial charge in [0.15, 0.2) is 11.4 Å². The standard InChI is InChI=1S/C11H6FNO2/c1-6-4-8-7(5-13)2-3-9(12)10(8)15-11(6)14/h2-4H,1H3. The van der Waals surface area contributed by atoms with Crippen LogP contribution in [-0.2, 0) is 0 Å². The number of benzene rings is 1. The molecule has 0 bridgehead atoms. The summed E-state index contributed by atoms with van der Waals surface area (Å²) in [6.07, 6.45) is 0. The molecule has 0 N–H and O–H groups in total. The van der Waals surface area contributed by atoms with Gasteiger partial charge in [0.05, 0.1) is 11.6 Å². The van der Waals surface area contributed by atoms with Gasteiger partial charge in [0.25, 0.3) is 0 Å². The lowest BCUT2D eigenvalue weighted by molar-refractivity contribution is 0.520. The van der Waals surface area contributed by atoms with Gasteiger partial charge in [0, 0.05) is 10.9 Å². The summed E-state index contributed by atoms with van der Waals surface area (Å²) in [7, 11) is 0. The van der Waals surface area contributed by atoms with E-state index in [4.69, 9.17) is 9.68 Å². The summed E-state index contributed by atoms with van der Waals surface area (Å²) in [5.41, 5.74) is -0.107. The molecular weight excluding hydrogens is 197 g/mol. The lowest BCUT2D eigenvalue weighted by Gasteiger charge is -2.00. The van der Waals surface area contributed by atoms with E-state index in [1.165, 1.54) is 12.1 Å². The van der Waals surface area contributed by atoms with Crippen molar-refractivity contribution < 1.29 is 8.81 Å². The molecule has 74 valence electrons. The molecule has 0 unspecified atom stereocenters. The maximum atomic E-state index is 13.3. The second-order valence-electron chi connectivity index (χ2n) is 3.17. The van der Waals surface area contributed by atoms with Gasteiger partial charge in [0.1, 0.15) is 0 Å². The molecular formula is C11H6FNO2. The molecule has 2 rings (SSSR count). The Bertz CT molecular complexity index is 637. The molecule has 0 spiro atoms. The van der Waals surface area contributed by atoms with Crippen LogP contribution in [0.5, 0.6) is 0 Å². The maximum absolute atomic E-state index is 13.3. The third kappa shape index (κ3) is 1.38. The Kier molecular flexibility index (Phi) is 2.01. The highest BCUT2D eigenvalue weighted by Crippen LogP contribution is 2.20. The van der Waals surface area contributed by atoms with Gasteiger partial charge in [-0.3, -0.25) is 0 Å². The van der Waals surface area contributed by atoms with Gasteiger partial charge in [-0.15, -0.1) is 0 Å². The molecule has 1 aromatic carbocycles. The van der Waals surface area contributed by atoms with Gasteiger partial charge in [-0.2, -0.15) is 5.26 Å². The molecule has 0 saturated heterocycles. The molecule has 1 aromatic heterocycles. The van der Waals surface area contributed by atoms with Crippen molar-refractivity contribution in [2.75, 3.05) is 0 Å². The normalized spacial score (nSPS) is 10.2. The van der Waals surface area contributed by atoms with Crippen LogP contribution in [0.3, 0.4) is 0 Å². The van der Waals surface area contributed by atoms with Crippen molar-refractivity contribution in [2.45, 2.75) is 6.92 Å². The molecule has 0 aliphatic carbocycles. The summed E-state index contributed by atoms with van der Waals surface area (Å²) in [6.45, 7) is 1.55. The molecule has 2 aromatic rings. The molecule has 0 fully saturated rings. The zero-order chi connectivity index (χ0) is 11.0. The summed E-state index contributed by atoms with van der Waals surface area (Å²) in [5.74, 6) is -0.638. The van der Waals surface area contributed by atoms with Crippen molar-refractivity contribution in [3.05, 3.63) is 45.6 Å². The van der Waals surface area contributed by atoms with E-state index in [9.17, 15) is 9.18 Å². The van der Waals surface area contributed by atoms with Crippen LogP contribution < -0.4 is 5.63 Å². The zero-order valence-corrected chi connectivity index (χ0v) is 7.87. The van der Waals surface area contributed by atoms with Gasteiger partial charge in [-0.05, 0) is 25.1 Å². The van der Waals surface area contributed by atoms with E-state index in [0.717, 1.165) is 6.07 Å². The quantitative estimate of drug-likeness (QED) is 0.616. The average Bonchev–Trinajstić information content (AvgIpc) is 2.22. The highest BCUT2D eigenvalue weighted by atomic mass is 19.1. The lowest BCUT2D eigenvalue weighted by atomic mass is 10.1. The van der Waals surface area contributed by atoms with Crippen molar-refractivity contribution in [3.8, 4) is 6.07 Å². The van der Waals surface area contributed by atoms with E-state index in [1.807, 2.05) is 6.07 Å². The van der Waals surface area contributed by atoms with Crippen LogP contribution in [0.4, 0.5) is 4.39 Å². The molecule has 3 nitrogen and oxygen atoms in total. The van der Waals surface area contributed by atoms with E-state index in [2.05, 4.69) is 0 Å². The van der Waals surface area contributed by atoms with E-state index in [1.54, 1.807) is 6.92 Å². The van der Waals surface area contributed by atoms with Crippen LogP contribution in [0.15, 0.2) is 27.4 Å². The predicted molar refractivity (Wildman–Crippen MR) is 51.9 cm³/mol. The van der Waals surface area contributed by atoms with Gasteiger partial charge >= 0.3 is 5.63 Å². The van der Waals surface area contributed by atoms with Crippen molar-refractivity contribution in [1.29, 1.82) is 5.26 Å². The number of fused-ring (bicyclic) bond motifs is 1. The van der Waals surface area contributed by atoms with Crippen LogP contribution >= 0.6 is 0 Å². The van der Waals surface area contributed by atoms with E-state index in [-0.39, 0.29) is 5.58 Å². The van der Waals surface area contributed by atoms with Crippen LogP contribution in [-0.4, -0.2) is 0 Å². The van der Waals surface area contributed by atoms with Crippen molar-refractivity contribution in [1.82, 2.24) is 0 Å². The molecule has 0 aliphatic rings. The fourth-order valence-electron chi connectivity index (χ4n) is 1.37. The van der Waals surface area contributed by atoms with Crippen LogP contribution in [0, 0.1) is 24.1 Å². The average molecular weight is 203 g/mol. The summed E-state index contributed by atoms with van der Waals surface area (Å²) in [6, 6.07) is 5.84. The molecule has 0 amide bonds. The molecule has 0 atom stereocenters. The molecule has 0 radical (unpaired) electrons. The Morgan fingerprint density at radius 2 is 2.20 bits per heavy atom. The molecule has 0 saturated carbocycles. The topological polar surface area (TPSA) is 54.0 Å². The minimum atomic E-state index is -0.638. The Morgan fingerprint density at radius 3 is 2.87 bits per heavy atom. The van der Waals surface area contributed by atoms with E-state index >= 15 is 0 Å². The number of aryl methyl sites for hydroxylation is 1. The second-order valence-corrected chi connectivity index (χ2v) is 3.17. The second kappa shape index (κ2) is 3.21. The molecule has 15 heavy (non-hydrogen) atoms. The van der Waals surface area contributed by atoms with Crippen LogP contribution in [0.1, 0.15) is 11.1 Å². The summed E-state index contributed by atoms with van der Waals surface area (Å²) < 4.78 is 18.1. The maximum Gasteiger partial charge on any atom is 0.339 e. The van der Waals surface area contributed by atoms with Crippen molar-refractivity contribution in [3.63, 3.8) is 0 Å². The van der Waals surface area contributed by atoms with Gasteiger partial charge in [-0.1, -0.05) is 0 Å². The van der Waals surface area contributed by atoms with Gasteiger partial charge in [-0.25, -0.2) is 9.18 Å². The van der Waals surface area contributed by atoms with Gasteiger partial charge < -0.3 is 4.42 Å². The summed E-state index contributed by atoms with van der Waals surface area (Å²) >= 11 is 0. The fraction of sp³-hybridized carbons (Fsp3) is 0.0909. The minimum Gasteiger partial charge on any atom is -0.419 e. The third-order valence-electron chi connectivity index (χ3n) is 2.15. The van der Waals surface area contributed by atoms with Crippen molar-refractivity contribution >= 4 is 11.0 Å².